The minimum atomic E-state index is -1.21. The van der Waals surface area contributed by atoms with Crippen LogP contribution < -0.4 is 20.7 Å². The molecule has 0 radical (unpaired) electrons. The highest BCUT2D eigenvalue weighted by atomic mass is 16.5. The average molecular weight is 409 g/mol. The molecule has 2 aromatic carbocycles. The van der Waals surface area contributed by atoms with E-state index in [1.54, 1.807) is 7.11 Å². The van der Waals surface area contributed by atoms with E-state index in [0.717, 1.165) is 28.0 Å². The third kappa shape index (κ3) is 4.62. The van der Waals surface area contributed by atoms with Gasteiger partial charge in [0.05, 0.1) is 13.5 Å². The first kappa shape index (κ1) is 21.4. The van der Waals surface area contributed by atoms with Gasteiger partial charge in [-0.25, -0.2) is 4.79 Å². The van der Waals surface area contributed by atoms with Gasteiger partial charge in [-0.1, -0.05) is 37.3 Å². The predicted molar refractivity (Wildman–Crippen MR) is 114 cm³/mol. The van der Waals surface area contributed by atoms with Crippen LogP contribution in [-0.4, -0.2) is 37.0 Å². The van der Waals surface area contributed by atoms with Gasteiger partial charge in [-0.05, 0) is 54.2 Å². The summed E-state index contributed by atoms with van der Waals surface area (Å²) in [7, 11) is 1.65. The lowest BCUT2D eigenvalue weighted by Crippen LogP contribution is -2.47. The van der Waals surface area contributed by atoms with Crippen LogP contribution >= 0.6 is 0 Å². The van der Waals surface area contributed by atoms with E-state index in [4.69, 9.17) is 4.74 Å². The Morgan fingerprint density at radius 1 is 1.13 bits per heavy atom. The minimum absolute atomic E-state index is 0.0960. The van der Waals surface area contributed by atoms with Crippen LogP contribution in [-0.2, 0) is 9.59 Å². The highest BCUT2D eigenvalue weighted by Gasteiger charge is 2.43. The normalized spacial score (nSPS) is 19.1. The highest BCUT2D eigenvalue weighted by Crippen LogP contribution is 2.27. The quantitative estimate of drug-likeness (QED) is 0.613. The first-order valence-corrected chi connectivity index (χ1v) is 9.87. The summed E-state index contributed by atoms with van der Waals surface area (Å²) < 4.78 is 5.21. The Bertz CT molecular complexity index is 971. The summed E-state index contributed by atoms with van der Waals surface area (Å²) in [6.45, 7) is 6.08. The van der Waals surface area contributed by atoms with Crippen LogP contribution in [0, 0.1) is 6.92 Å². The van der Waals surface area contributed by atoms with Crippen molar-refractivity contribution in [3.05, 3.63) is 53.6 Å². The molecule has 0 saturated carbocycles. The second kappa shape index (κ2) is 8.57. The number of hydrogen-bond acceptors (Lipinski definition) is 4. The van der Waals surface area contributed by atoms with Gasteiger partial charge in [0.15, 0.2) is 0 Å². The Labute approximate surface area is 176 Å². The Morgan fingerprint density at radius 2 is 1.80 bits per heavy atom. The van der Waals surface area contributed by atoms with Crippen molar-refractivity contribution in [3.8, 4) is 16.9 Å². The maximum Gasteiger partial charge on any atom is 0.322 e. The smallest absolute Gasteiger partial charge is 0.322 e. The molecule has 158 valence electrons. The number of amides is 4. The standard InChI is InChI=1S/C23H27N3O4/c1-14-11-17(16-5-8-18(30-4)9-6-16)7-10-19(14)15(2)13-24-20(27)12-23(3)21(28)25-22(29)26-23/h5-11,15H,12-13H2,1-4H3,(H,24,27)(H2,25,26,28,29). The molecule has 7 nitrogen and oxygen atoms in total. The number of rotatable bonds is 7. The van der Waals surface area contributed by atoms with Gasteiger partial charge in [0.1, 0.15) is 11.3 Å². The lowest BCUT2D eigenvalue weighted by Gasteiger charge is -2.21. The zero-order chi connectivity index (χ0) is 21.9. The number of aryl methyl sites for hydroxylation is 1. The van der Waals surface area contributed by atoms with Crippen LogP contribution in [0.15, 0.2) is 42.5 Å². The summed E-state index contributed by atoms with van der Waals surface area (Å²) in [5.41, 5.74) is 3.30. The number of carbonyl (C=O) groups excluding carboxylic acids is 3. The summed E-state index contributed by atoms with van der Waals surface area (Å²) in [6, 6.07) is 13.6. The van der Waals surface area contributed by atoms with E-state index in [1.807, 2.05) is 31.2 Å². The van der Waals surface area contributed by atoms with Crippen LogP contribution in [0.5, 0.6) is 5.75 Å². The van der Waals surface area contributed by atoms with Crippen molar-refractivity contribution in [2.75, 3.05) is 13.7 Å². The monoisotopic (exact) mass is 409 g/mol. The molecule has 7 heteroatoms. The van der Waals surface area contributed by atoms with E-state index in [-0.39, 0.29) is 18.2 Å². The van der Waals surface area contributed by atoms with E-state index >= 15 is 0 Å². The fraction of sp³-hybridized carbons (Fsp3) is 0.348. The molecule has 0 bridgehead atoms. The van der Waals surface area contributed by atoms with Crippen molar-refractivity contribution in [1.29, 1.82) is 0 Å². The zero-order valence-corrected chi connectivity index (χ0v) is 17.7. The third-order valence-electron chi connectivity index (χ3n) is 5.46. The first-order valence-electron chi connectivity index (χ1n) is 9.87. The number of ether oxygens (including phenoxy) is 1. The van der Waals surface area contributed by atoms with Crippen molar-refractivity contribution in [2.24, 2.45) is 0 Å². The van der Waals surface area contributed by atoms with Gasteiger partial charge in [0, 0.05) is 6.54 Å². The van der Waals surface area contributed by atoms with Gasteiger partial charge >= 0.3 is 6.03 Å². The summed E-state index contributed by atoms with van der Waals surface area (Å²) in [6.07, 6.45) is -0.104. The Balaban J connectivity index is 1.61. The van der Waals surface area contributed by atoms with Gasteiger partial charge in [-0.2, -0.15) is 0 Å². The van der Waals surface area contributed by atoms with Crippen LogP contribution in [0.1, 0.15) is 37.3 Å². The van der Waals surface area contributed by atoms with E-state index in [0.29, 0.717) is 6.54 Å². The van der Waals surface area contributed by atoms with Crippen LogP contribution in [0.25, 0.3) is 11.1 Å². The Kier molecular flexibility index (Phi) is 6.10. The van der Waals surface area contributed by atoms with Crippen LogP contribution in [0.3, 0.4) is 0 Å². The fourth-order valence-corrected chi connectivity index (χ4v) is 3.66. The van der Waals surface area contributed by atoms with Crippen molar-refractivity contribution in [2.45, 2.75) is 38.6 Å². The van der Waals surface area contributed by atoms with Gasteiger partial charge in [0.25, 0.3) is 5.91 Å². The van der Waals surface area contributed by atoms with Gasteiger partial charge in [-0.15, -0.1) is 0 Å². The second-order valence-corrected chi connectivity index (χ2v) is 7.92. The number of urea groups is 1. The fourth-order valence-electron chi connectivity index (χ4n) is 3.66. The molecule has 1 aliphatic heterocycles. The SMILES string of the molecule is COc1ccc(-c2ccc(C(C)CNC(=O)CC3(C)NC(=O)NC3=O)c(C)c2)cc1. The molecular weight excluding hydrogens is 382 g/mol. The Morgan fingerprint density at radius 3 is 2.37 bits per heavy atom. The molecule has 0 aliphatic carbocycles. The number of hydrogen-bond donors (Lipinski definition) is 3. The van der Waals surface area contributed by atoms with E-state index in [2.05, 4.69) is 41.1 Å². The van der Waals surface area contributed by atoms with Crippen molar-refractivity contribution in [1.82, 2.24) is 16.0 Å². The second-order valence-electron chi connectivity index (χ2n) is 7.92. The number of imide groups is 1. The minimum Gasteiger partial charge on any atom is -0.497 e. The molecule has 3 N–H and O–H groups in total. The number of nitrogens with one attached hydrogen (secondary N) is 3. The van der Waals surface area contributed by atoms with E-state index < -0.39 is 17.5 Å². The van der Waals surface area contributed by atoms with Crippen LogP contribution in [0.4, 0.5) is 4.79 Å². The lowest BCUT2D eigenvalue weighted by atomic mass is 9.92. The molecule has 0 spiro atoms. The summed E-state index contributed by atoms with van der Waals surface area (Å²) in [4.78, 5) is 35.5. The summed E-state index contributed by atoms with van der Waals surface area (Å²) in [5, 5.41) is 7.53. The van der Waals surface area contributed by atoms with Crippen molar-refractivity contribution in [3.63, 3.8) is 0 Å². The number of carbonyl (C=O) groups is 3. The molecule has 4 amide bonds. The molecule has 2 unspecified atom stereocenters. The van der Waals surface area contributed by atoms with Gasteiger partial charge in [0.2, 0.25) is 5.91 Å². The maximum atomic E-state index is 12.3. The van der Waals surface area contributed by atoms with Gasteiger partial charge < -0.3 is 15.4 Å². The molecule has 3 rings (SSSR count). The maximum absolute atomic E-state index is 12.3. The molecule has 0 aromatic heterocycles. The predicted octanol–water partition coefficient (Wildman–Crippen LogP) is 2.88. The zero-order valence-electron chi connectivity index (χ0n) is 17.7. The molecule has 1 heterocycles. The van der Waals surface area contributed by atoms with Crippen LogP contribution in [0.2, 0.25) is 0 Å². The largest absolute Gasteiger partial charge is 0.497 e. The van der Waals surface area contributed by atoms with Gasteiger partial charge in [-0.3, -0.25) is 14.9 Å². The average Bonchev–Trinajstić information content (AvgIpc) is 2.97. The summed E-state index contributed by atoms with van der Waals surface area (Å²) >= 11 is 0. The molecule has 2 aromatic rings. The molecule has 30 heavy (non-hydrogen) atoms. The number of benzene rings is 2. The lowest BCUT2D eigenvalue weighted by molar-refractivity contribution is -0.129. The molecule has 1 saturated heterocycles. The van der Waals surface area contributed by atoms with Crippen molar-refractivity contribution < 1.29 is 19.1 Å². The molecule has 1 aliphatic rings. The van der Waals surface area contributed by atoms with Crippen molar-refractivity contribution >= 4 is 17.8 Å². The molecular formula is C23H27N3O4. The number of methoxy groups -OCH3 is 1. The molecule has 1 fully saturated rings. The summed E-state index contributed by atoms with van der Waals surface area (Å²) in [5.74, 6) is 0.147. The molecule has 2 atom stereocenters. The van der Waals surface area contributed by atoms with E-state index in [1.165, 1.54) is 6.92 Å². The third-order valence-corrected chi connectivity index (χ3v) is 5.46. The van der Waals surface area contributed by atoms with E-state index in [9.17, 15) is 14.4 Å². The first-order chi connectivity index (χ1) is 14.2. The Hall–Kier alpha value is -3.35. The topological polar surface area (TPSA) is 96.5 Å². The highest BCUT2D eigenvalue weighted by molar-refractivity contribution is 6.08.